The summed E-state index contributed by atoms with van der Waals surface area (Å²) in [6.45, 7) is 2.96. The molecule has 0 bridgehead atoms. The van der Waals surface area contributed by atoms with E-state index >= 15 is 4.39 Å². The number of alkyl halides is 2. The van der Waals surface area contributed by atoms with Crippen LogP contribution in [0.3, 0.4) is 0 Å². The van der Waals surface area contributed by atoms with Crippen LogP contribution < -0.4 is 4.74 Å². The maximum absolute atomic E-state index is 15.2. The Bertz CT molecular complexity index is 888. The molecular formula is C24H23ClF2O. The van der Waals surface area contributed by atoms with Gasteiger partial charge in [-0.15, -0.1) is 0 Å². The molecule has 0 N–H and O–H groups in total. The first kappa shape index (κ1) is 20.3. The van der Waals surface area contributed by atoms with E-state index in [-0.39, 0.29) is 6.42 Å². The zero-order chi connectivity index (χ0) is 20.1. The normalized spacial score (nSPS) is 13.8. The van der Waals surface area contributed by atoms with E-state index in [4.69, 9.17) is 16.3 Å². The third-order valence-corrected chi connectivity index (χ3v) is 4.99. The molecule has 0 radical (unpaired) electrons. The summed E-state index contributed by atoms with van der Waals surface area (Å²) >= 11 is 5.93. The standard InChI is InChI=1S/C24H23ClF2O/c1-24(2,27)22(17-11-13-19(25)14-12-17)16-23(26)18-7-6-10-21(15-18)28-20-8-4-3-5-9-20/h3-15,22-23H,16H2,1-2H3. The van der Waals surface area contributed by atoms with Crippen molar-refractivity contribution in [1.29, 1.82) is 0 Å². The first-order valence-corrected chi connectivity index (χ1v) is 9.62. The lowest BCUT2D eigenvalue weighted by molar-refractivity contribution is 0.140. The molecular weight excluding hydrogens is 378 g/mol. The molecule has 0 aliphatic rings. The summed E-state index contributed by atoms with van der Waals surface area (Å²) in [5.74, 6) is 0.631. The number of hydrogen-bond acceptors (Lipinski definition) is 1. The number of hydrogen-bond donors (Lipinski definition) is 0. The van der Waals surface area contributed by atoms with Gasteiger partial charge in [0, 0.05) is 10.9 Å². The fourth-order valence-electron chi connectivity index (χ4n) is 3.25. The van der Waals surface area contributed by atoms with Crippen LogP contribution in [0.25, 0.3) is 0 Å². The minimum atomic E-state index is -1.57. The molecule has 3 aromatic carbocycles. The predicted octanol–water partition coefficient (Wildman–Crippen LogP) is 8.06. The number of benzene rings is 3. The van der Waals surface area contributed by atoms with Gasteiger partial charge in [0.05, 0.1) is 0 Å². The second kappa shape index (κ2) is 8.74. The fraction of sp³-hybridized carbons (Fsp3) is 0.250. The number of para-hydroxylation sites is 1. The molecule has 4 heteroatoms. The lowest BCUT2D eigenvalue weighted by atomic mass is 9.81. The van der Waals surface area contributed by atoms with Crippen molar-refractivity contribution >= 4 is 11.6 Å². The highest BCUT2D eigenvalue weighted by molar-refractivity contribution is 6.30. The number of ether oxygens (including phenoxy) is 1. The highest BCUT2D eigenvalue weighted by Gasteiger charge is 2.33. The third kappa shape index (κ3) is 5.32. The minimum absolute atomic E-state index is 0.0277. The minimum Gasteiger partial charge on any atom is -0.457 e. The van der Waals surface area contributed by atoms with Crippen molar-refractivity contribution in [3.63, 3.8) is 0 Å². The van der Waals surface area contributed by atoms with Crippen LogP contribution in [0.4, 0.5) is 8.78 Å². The molecule has 28 heavy (non-hydrogen) atoms. The highest BCUT2D eigenvalue weighted by atomic mass is 35.5. The van der Waals surface area contributed by atoms with E-state index in [1.165, 1.54) is 13.8 Å². The molecule has 0 aliphatic heterocycles. The van der Waals surface area contributed by atoms with Crippen LogP contribution in [-0.2, 0) is 0 Å². The zero-order valence-corrected chi connectivity index (χ0v) is 16.7. The quantitative estimate of drug-likeness (QED) is 0.389. The summed E-state index contributed by atoms with van der Waals surface area (Å²) in [7, 11) is 0. The maximum atomic E-state index is 15.2. The molecule has 1 nitrogen and oxygen atoms in total. The monoisotopic (exact) mass is 400 g/mol. The van der Waals surface area contributed by atoms with Crippen molar-refractivity contribution in [3.05, 3.63) is 95.0 Å². The molecule has 0 aromatic heterocycles. The summed E-state index contributed by atoms with van der Waals surface area (Å²) in [5.41, 5.74) is -0.371. The summed E-state index contributed by atoms with van der Waals surface area (Å²) in [6, 6.07) is 23.1. The Morgan fingerprint density at radius 1 is 0.857 bits per heavy atom. The van der Waals surface area contributed by atoms with E-state index in [1.54, 1.807) is 48.5 Å². The van der Waals surface area contributed by atoms with Crippen LogP contribution >= 0.6 is 11.6 Å². The first-order valence-electron chi connectivity index (χ1n) is 9.24. The molecule has 0 heterocycles. The number of halogens is 3. The van der Waals surface area contributed by atoms with Crippen molar-refractivity contribution in [2.75, 3.05) is 0 Å². The van der Waals surface area contributed by atoms with Crippen molar-refractivity contribution < 1.29 is 13.5 Å². The summed E-state index contributed by atoms with van der Waals surface area (Å²) in [5, 5.41) is 0.571. The van der Waals surface area contributed by atoms with Gasteiger partial charge in [0.15, 0.2) is 0 Å². The van der Waals surface area contributed by atoms with Gasteiger partial charge in [0.1, 0.15) is 23.3 Å². The van der Waals surface area contributed by atoms with Crippen LogP contribution in [-0.4, -0.2) is 5.67 Å². The van der Waals surface area contributed by atoms with Crippen molar-refractivity contribution in [2.45, 2.75) is 38.0 Å². The van der Waals surface area contributed by atoms with Crippen LogP contribution in [0.1, 0.15) is 43.5 Å². The van der Waals surface area contributed by atoms with Crippen LogP contribution in [0.2, 0.25) is 5.02 Å². The van der Waals surface area contributed by atoms with Gasteiger partial charge >= 0.3 is 0 Å². The smallest absolute Gasteiger partial charge is 0.127 e. The van der Waals surface area contributed by atoms with Crippen LogP contribution in [0.5, 0.6) is 11.5 Å². The van der Waals surface area contributed by atoms with E-state index in [2.05, 4.69) is 0 Å². The van der Waals surface area contributed by atoms with Crippen LogP contribution in [0.15, 0.2) is 78.9 Å². The molecule has 0 saturated heterocycles. The Balaban J connectivity index is 1.79. The van der Waals surface area contributed by atoms with Crippen LogP contribution in [0, 0.1) is 0 Å². The Kier molecular flexibility index (Phi) is 6.35. The average molecular weight is 401 g/mol. The lowest BCUT2D eigenvalue weighted by Crippen LogP contribution is -2.25. The SMILES string of the molecule is CC(C)(F)C(CC(F)c1cccc(Oc2ccccc2)c1)c1ccc(Cl)cc1. The van der Waals surface area contributed by atoms with Gasteiger partial charge in [0.25, 0.3) is 0 Å². The Labute approximate surface area is 169 Å². The lowest BCUT2D eigenvalue weighted by Gasteiger charge is -2.29. The second-order valence-corrected chi connectivity index (χ2v) is 7.80. The van der Waals surface area contributed by atoms with Gasteiger partial charge < -0.3 is 4.74 Å². The first-order chi connectivity index (χ1) is 13.3. The van der Waals surface area contributed by atoms with E-state index < -0.39 is 17.8 Å². The molecule has 2 unspecified atom stereocenters. The molecule has 3 rings (SSSR count). The number of rotatable bonds is 7. The van der Waals surface area contributed by atoms with Gasteiger partial charge in [0.2, 0.25) is 0 Å². The molecule has 2 atom stereocenters. The van der Waals surface area contributed by atoms with Gasteiger partial charge in [-0.3, -0.25) is 0 Å². The molecule has 146 valence electrons. The van der Waals surface area contributed by atoms with E-state index in [9.17, 15) is 4.39 Å². The zero-order valence-electron chi connectivity index (χ0n) is 15.9. The molecule has 0 spiro atoms. The molecule has 0 saturated carbocycles. The summed E-state index contributed by atoms with van der Waals surface area (Å²) in [6.07, 6.45) is -1.30. The summed E-state index contributed by atoms with van der Waals surface area (Å²) in [4.78, 5) is 0. The molecule has 0 amide bonds. The molecule has 0 aliphatic carbocycles. The third-order valence-electron chi connectivity index (χ3n) is 4.74. The Morgan fingerprint density at radius 2 is 1.50 bits per heavy atom. The van der Waals surface area contributed by atoms with Gasteiger partial charge in [-0.2, -0.15) is 0 Å². The van der Waals surface area contributed by atoms with E-state index in [0.29, 0.717) is 22.1 Å². The predicted molar refractivity (Wildman–Crippen MR) is 111 cm³/mol. The van der Waals surface area contributed by atoms with Crippen molar-refractivity contribution in [2.24, 2.45) is 0 Å². The van der Waals surface area contributed by atoms with Crippen molar-refractivity contribution in [3.8, 4) is 11.5 Å². The fourth-order valence-corrected chi connectivity index (χ4v) is 3.37. The molecule has 0 fully saturated rings. The maximum Gasteiger partial charge on any atom is 0.127 e. The second-order valence-electron chi connectivity index (χ2n) is 7.36. The average Bonchev–Trinajstić information content (AvgIpc) is 2.67. The van der Waals surface area contributed by atoms with E-state index in [0.717, 1.165) is 5.56 Å². The Morgan fingerprint density at radius 3 is 2.14 bits per heavy atom. The van der Waals surface area contributed by atoms with Gasteiger partial charge in [-0.1, -0.05) is 54.1 Å². The van der Waals surface area contributed by atoms with Gasteiger partial charge in [-0.05, 0) is 67.8 Å². The highest BCUT2D eigenvalue weighted by Crippen LogP contribution is 2.40. The topological polar surface area (TPSA) is 9.23 Å². The summed E-state index contributed by atoms with van der Waals surface area (Å²) < 4.78 is 35.8. The largest absolute Gasteiger partial charge is 0.457 e. The van der Waals surface area contributed by atoms with Crippen molar-refractivity contribution in [1.82, 2.24) is 0 Å². The Hall–Kier alpha value is -2.39. The molecule has 3 aromatic rings. The van der Waals surface area contributed by atoms with E-state index in [1.807, 2.05) is 30.3 Å². The van der Waals surface area contributed by atoms with Gasteiger partial charge in [-0.25, -0.2) is 8.78 Å².